The monoisotopic (exact) mass is 353 g/mol. The third kappa shape index (κ3) is 3.60. The molecular weight excluding hydrogens is 330 g/mol. The second kappa shape index (κ2) is 7.66. The Balaban J connectivity index is 2.01. The van der Waals surface area contributed by atoms with Gasteiger partial charge in [0.1, 0.15) is 0 Å². The van der Waals surface area contributed by atoms with Crippen LogP contribution in [0, 0.1) is 6.92 Å². The highest BCUT2D eigenvalue weighted by Gasteiger charge is 2.34. The average molecular weight is 353 g/mol. The van der Waals surface area contributed by atoms with E-state index in [0.29, 0.717) is 24.2 Å². The Morgan fingerprint density at radius 2 is 1.62 bits per heavy atom. The molecule has 1 saturated heterocycles. The predicted octanol–water partition coefficient (Wildman–Crippen LogP) is 1.35. The van der Waals surface area contributed by atoms with Gasteiger partial charge in [-0.15, -0.1) is 0 Å². The Bertz CT molecular complexity index is 852. The predicted molar refractivity (Wildman–Crippen MR) is 99.3 cm³/mol. The zero-order valence-electron chi connectivity index (χ0n) is 15.1. The van der Waals surface area contributed by atoms with Gasteiger partial charge in [-0.3, -0.25) is 19.0 Å². The molecule has 2 heterocycles. The molecule has 136 valence electrons. The van der Waals surface area contributed by atoms with Crippen LogP contribution in [0.25, 0.3) is 0 Å². The second-order valence-corrected chi connectivity index (χ2v) is 6.66. The lowest BCUT2D eigenvalue weighted by molar-refractivity contribution is -0.135. The SMILES string of the molecule is Cc1cccn(C(C(=O)c2ccccc2)C(=O)N2CCN(C)CC2)c1=O. The van der Waals surface area contributed by atoms with Crippen molar-refractivity contribution < 1.29 is 9.59 Å². The van der Waals surface area contributed by atoms with Crippen LogP contribution in [-0.2, 0) is 4.79 Å². The first-order chi connectivity index (χ1) is 12.5. The molecule has 1 aliphatic rings. The van der Waals surface area contributed by atoms with Gasteiger partial charge in [-0.05, 0) is 20.0 Å². The molecule has 1 aromatic heterocycles. The summed E-state index contributed by atoms with van der Waals surface area (Å²) in [6.45, 7) is 4.29. The van der Waals surface area contributed by atoms with E-state index in [0.717, 1.165) is 13.1 Å². The first-order valence-corrected chi connectivity index (χ1v) is 8.73. The zero-order chi connectivity index (χ0) is 18.7. The van der Waals surface area contributed by atoms with Crippen molar-refractivity contribution in [2.75, 3.05) is 33.2 Å². The van der Waals surface area contributed by atoms with Gasteiger partial charge in [-0.2, -0.15) is 0 Å². The number of likely N-dealkylation sites (N-methyl/N-ethyl adjacent to an activating group) is 1. The lowest BCUT2D eigenvalue weighted by atomic mass is 10.0. The van der Waals surface area contributed by atoms with Gasteiger partial charge in [0, 0.05) is 43.5 Å². The number of hydrogen-bond acceptors (Lipinski definition) is 4. The van der Waals surface area contributed by atoms with Crippen LogP contribution in [0.15, 0.2) is 53.5 Å². The van der Waals surface area contributed by atoms with Crippen LogP contribution in [0.1, 0.15) is 22.0 Å². The maximum absolute atomic E-state index is 13.2. The summed E-state index contributed by atoms with van der Waals surface area (Å²) in [5.74, 6) is -0.679. The summed E-state index contributed by atoms with van der Waals surface area (Å²) in [7, 11) is 2.00. The van der Waals surface area contributed by atoms with E-state index < -0.39 is 6.04 Å². The second-order valence-electron chi connectivity index (χ2n) is 6.66. The molecule has 1 aliphatic heterocycles. The van der Waals surface area contributed by atoms with Gasteiger partial charge in [0.15, 0.2) is 11.8 Å². The lowest BCUT2D eigenvalue weighted by Crippen LogP contribution is -2.51. The summed E-state index contributed by atoms with van der Waals surface area (Å²) < 4.78 is 1.27. The van der Waals surface area contributed by atoms with Crippen LogP contribution in [-0.4, -0.2) is 59.3 Å². The third-order valence-electron chi connectivity index (χ3n) is 4.80. The number of piperazine rings is 1. The van der Waals surface area contributed by atoms with Crippen molar-refractivity contribution in [3.05, 3.63) is 70.1 Å². The van der Waals surface area contributed by atoms with Crippen LogP contribution in [0.2, 0.25) is 0 Å². The van der Waals surface area contributed by atoms with Crippen LogP contribution in [0.5, 0.6) is 0 Å². The molecule has 0 saturated carbocycles. The number of hydrogen-bond donors (Lipinski definition) is 0. The summed E-state index contributed by atoms with van der Waals surface area (Å²) in [5, 5.41) is 0. The molecule has 1 unspecified atom stereocenters. The van der Waals surface area contributed by atoms with Gasteiger partial charge in [0.2, 0.25) is 0 Å². The molecule has 26 heavy (non-hydrogen) atoms. The number of carbonyl (C=O) groups is 2. The largest absolute Gasteiger partial charge is 0.338 e. The maximum Gasteiger partial charge on any atom is 0.254 e. The standard InChI is InChI=1S/C20H23N3O3/c1-15-7-6-10-23(19(15)25)17(18(24)16-8-4-3-5-9-16)20(26)22-13-11-21(2)12-14-22/h3-10,17H,11-14H2,1-2H3. The van der Waals surface area contributed by atoms with Gasteiger partial charge in [0.05, 0.1) is 0 Å². The van der Waals surface area contributed by atoms with Crippen molar-refractivity contribution in [3.8, 4) is 0 Å². The minimum Gasteiger partial charge on any atom is -0.338 e. The van der Waals surface area contributed by atoms with Crippen molar-refractivity contribution >= 4 is 11.7 Å². The van der Waals surface area contributed by atoms with Gasteiger partial charge in [-0.25, -0.2) is 0 Å². The van der Waals surface area contributed by atoms with E-state index >= 15 is 0 Å². The number of nitrogens with zero attached hydrogens (tertiary/aromatic N) is 3. The van der Waals surface area contributed by atoms with Crippen molar-refractivity contribution in [3.63, 3.8) is 0 Å². The minimum absolute atomic E-state index is 0.316. The summed E-state index contributed by atoms with van der Waals surface area (Å²) in [5.41, 5.74) is 0.613. The Morgan fingerprint density at radius 1 is 0.962 bits per heavy atom. The van der Waals surface area contributed by atoms with Crippen LogP contribution in [0.3, 0.4) is 0 Å². The molecule has 1 aromatic carbocycles. The highest BCUT2D eigenvalue weighted by Crippen LogP contribution is 2.18. The van der Waals surface area contributed by atoms with Gasteiger partial charge in [0.25, 0.3) is 11.5 Å². The number of amides is 1. The summed E-state index contributed by atoms with van der Waals surface area (Å²) in [6, 6.07) is 10.9. The van der Waals surface area contributed by atoms with Crippen LogP contribution >= 0.6 is 0 Å². The molecule has 6 nitrogen and oxygen atoms in total. The molecule has 1 fully saturated rings. The van der Waals surface area contributed by atoms with E-state index in [1.54, 1.807) is 48.2 Å². The Kier molecular flexibility index (Phi) is 5.32. The number of Topliss-reactive ketones (excluding diaryl/α,β-unsaturated/α-hetero) is 1. The van der Waals surface area contributed by atoms with E-state index in [4.69, 9.17) is 0 Å². The molecular formula is C20H23N3O3. The summed E-state index contributed by atoms with van der Waals surface area (Å²) in [6.07, 6.45) is 1.52. The molecule has 1 atom stereocenters. The molecule has 0 radical (unpaired) electrons. The average Bonchev–Trinajstić information content (AvgIpc) is 2.66. The molecule has 3 rings (SSSR count). The number of benzene rings is 1. The highest BCUT2D eigenvalue weighted by molar-refractivity contribution is 6.11. The molecule has 0 spiro atoms. The van der Waals surface area contributed by atoms with E-state index in [-0.39, 0.29) is 17.2 Å². The molecule has 2 aromatic rings. The van der Waals surface area contributed by atoms with Crippen molar-refractivity contribution in [2.24, 2.45) is 0 Å². The molecule has 1 amide bonds. The Labute approximate surface area is 152 Å². The Hall–Kier alpha value is -2.73. The first-order valence-electron chi connectivity index (χ1n) is 8.73. The van der Waals surface area contributed by atoms with Crippen molar-refractivity contribution in [1.82, 2.24) is 14.4 Å². The fourth-order valence-corrected chi connectivity index (χ4v) is 3.14. The number of aromatic nitrogens is 1. The zero-order valence-corrected chi connectivity index (χ0v) is 15.1. The first kappa shape index (κ1) is 18.1. The quantitative estimate of drug-likeness (QED) is 0.615. The number of carbonyl (C=O) groups excluding carboxylic acids is 2. The molecule has 0 N–H and O–H groups in total. The fourth-order valence-electron chi connectivity index (χ4n) is 3.14. The minimum atomic E-state index is -1.17. The Morgan fingerprint density at radius 3 is 2.27 bits per heavy atom. The highest BCUT2D eigenvalue weighted by atomic mass is 16.2. The molecule has 6 heteroatoms. The normalized spacial score (nSPS) is 16.3. The van der Waals surface area contributed by atoms with Gasteiger partial charge < -0.3 is 9.80 Å². The van der Waals surface area contributed by atoms with Crippen molar-refractivity contribution in [1.29, 1.82) is 0 Å². The number of rotatable bonds is 4. The van der Waals surface area contributed by atoms with Crippen LogP contribution < -0.4 is 5.56 Å². The third-order valence-corrected chi connectivity index (χ3v) is 4.80. The van der Waals surface area contributed by atoms with Crippen LogP contribution in [0.4, 0.5) is 0 Å². The smallest absolute Gasteiger partial charge is 0.254 e. The molecule has 0 aliphatic carbocycles. The van der Waals surface area contributed by atoms with Crippen molar-refractivity contribution in [2.45, 2.75) is 13.0 Å². The summed E-state index contributed by atoms with van der Waals surface area (Å²) >= 11 is 0. The maximum atomic E-state index is 13.2. The van der Waals surface area contributed by atoms with E-state index in [9.17, 15) is 14.4 Å². The molecule has 0 bridgehead atoms. The lowest BCUT2D eigenvalue weighted by Gasteiger charge is -2.34. The fraction of sp³-hybridized carbons (Fsp3) is 0.350. The summed E-state index contributed by atoms with van der Waals surface area (Å²) in [4.78, 5) is 42.8. The van der Waals surface area contributed by atoms with Gasteiger partial charge >= 0.3 is 0 Å². The number of pyridine rings is 1. The topological polar surface area (TPSA) is 62.6 Å². The van der Waals surface area contributed by atoms with E-state index in [1.807, 2.05) is 13.1 Å². The number of aryl methyl sites for hydroxylation is 1. The van der Waals surface area contributed by atoms with E-state index in [2.05, 4.69) is 4.90 Å². The number of ketones is 1. The van der Waals surface area contributed by atoms with E-state index in [1.165, 1.54) is 10.8 Å². The van der Waals surface area contributed by atoms with Gasteiger partial charge in [-0.1, -0.05) is 36.4 Å².